The van der Waals surface area contributed by atoms with Crippen LogP contribution in [0.15, 0.2) is 15.8 Å². The molecule has 1 fully saturated rings. The van der Waals surface area contributed by atoms with Crippen LogP contribution in [0.3, 0.4) is 0 Å². The number of nitrogens with one attached hydrogen (secondary N) is 1. The van der Waals surface area contributed by atoms with Crippen LogP contribution in [-0.4, -0.2) is 60.7 Å². The van der Waals surface area contributed by atoms with Crippen molar-refractivity contribution in [1.29, 1.82) is 0 Å². The summed E-state index contributed by atoms with van der Waals surface area (Å²) in [6.45, 7) is 0.192. The van der Waals surface area contributed by atoms with Crippen LogP contribution in [0.4, 0.5) is 4.39 Å². The zero-order valence-electron chi connectivity index (χ0n) is 11.4. The van der Waals surface area contributed by atoms with Gasteiger partial charge in [-0.1, -0.05) is 11.8 Å². The molecule has 4 N–H and O–H groups in total. The van der Waals surface area contributed by atoms with Crippen LogP contribution in [-0.2, 0) is 4.74 Å². The second-order valence-corrected chi connectivity index (χ2v) is 4.78. The summed E-state index contributed by atoms with van der Waals surface area (Å²) in [5.41, 5.74) is -4.18. The van der Waals surface area contributed by atoms with Gasteiger partial charge in [0.15, 0.2) is 6.23 Å². The molecule has 120 valence electrons. The van der Waals surface area contributed by atoms with Crippen molar-refractivity contribution >= 4 is 0 Å². The van der Waals surface area contributed by atoms with Crippen LogP contribution < -0.4 is 11.2 Å². The number of aliphatic hydroxyl groups excluding tert-OH is 2. The molecule has 1 aromatic rings. The summed E-state index contributed by atoms with van der Waals surface area (Å²) in [6, 6.07) is 0. The number of aromatic amines is 1. The molecule has 0 aromatic carbocycles. The highest BCUT2D eigenvalue weighted by molar-refractivity contribution is 5.23. The maximum Gasteiger partial charge on any atom is 0.347 e. The summed E-state index contributed by atoms with van der Waals surface area (Å²) in [7, 11) is 0. The SMILES string of the molecule is C[C@@H](O)[C@H]1O[C@@H](n2ncc(=O)[nH]c2=O)C(O)(C#CCF)[C@H]1O. The van der Waals surface area contributed by atoms with Gasteiger partial charge < -0.3 is 20.1 Å². The maximum absolute atomic E-state index is 12.3. The Balaban J connectivity index is 2.55. The molecule has 10 heteroatoms. The van der Waals surface area contributed by atoms with Crippen molar-refractivity contribution in [3.8, 4) is 11.8 Å². The number of nitrogens with zero attached hydrogens (tertiary/aromatic N) is 2. The van der Waals surface area contributed by atoms with Crippen LogP contribution in [0.1, 0.15) is 13.2 Å². The van der Waals surface area contributed by atoms with Crippen molar-refractivity contribution in [2.24, 2.45) is 0 Å². The van der Waals surface area contributed by atoms with E-state index in [9.17, 15) is 29.3 Å². The zero-order chi connectivity index (χ0) is 16.5. The lowest BCUT2D eigenvalue weighted by Gasteiger charge is -2.25. The summed E-state index contributed by atoms with van der Waals surface area (Å²) >= 11 is 0. The van der Waals surface area contributed by atoms with E-state index >= 15 is 0 Å². The summed E-state index contributed by atoms with van der Waals surface area (Å²) < 4.78 is 18.1. The van der Waals surface area contributed by atoms with Gasteiger partial charge in [-0.2, -0.15) is 9.78 Å². The molecule has 2 heterocycles. The summed E-state index contributed by atoms with van der Waals surface area (Å²) in [4.78, 5) is 24.7. The number of hydrogen-bond donors (Lipinski definition) is 4. The van der Waals surface area contributed by atoms with Gasteiger partial charge in [-0.25, -0.2) is 9.18 Å². The first-order valence-corrected chi connectivity index (χ1v) is 6.29. The molecular formula is C12H14FN3O6. The predicted molar refractivity (Wildman–Crippen MR) is 69.4 cm³/mol. The molecule has 1 unspecified atom stereocenters. The maximum atomic E-state index is 12.3. The Morgan fingerprint density at radius 1 is 1.64 bits per heavy atom. The van der Waals surface area contributed by atoms with E-state index in [0.29, 0.717) is 4.68 Å². The highest BCUT2D eigenvalue weighted by atomic mass is 19.1. The molecule has 1 saturated heterocycles. The second kappa shape index (κ2) is 5.98. The smallest absolute Gasteiger partial charge is 0.347 e. The van der Waals surface area contributed by atoms with E-state index in [-0.39, 0.29) is 0 Å². The van der Waals surface area contributed by atoms with Crippen LogP contribution in [0.2, 0.25) is 0 Å². The molecule has 9 nitrogen and oxygen atoms in total. The number of ether oxygens (including phenoxy) is 1. The number of aliphatic hydroxyl groups is 3. The summed E-state index contributed by atoms with van der Waals surface area (Å²) in [6.07, 6.45) is -5.10. The fraction of sp³-hybridized carbons (Fsp3) is 0.583. The largest absolute Gasteiger partial charge is 0.391 e. The Labute approximate surface area is 123 Å². The van der Waals surface area contributed by atoms with Crippen molar-refractivity contribution in [3.05, 3.63) is 27.0 Å². The van der Waals surface area contributed by atoms with Gasteiger partial charge in [-0.05, 0) is 6.92 Å². The molecule has 1 aliphatic heterocycles. The Kier molecular flexibility index (Phi) is 4.43. The molecule has 0 aliphatic carbocycles. The highest BCUT2D eigenvalue weighted by Gasteiger charge is 2.57. The van der Waals surface area contributed by atoms with Crippen molar-refractivity contribution in [2.75, 3.05) is 6.67 Å². The average molecular weight is 315 g/mol. The quantitative estimate of drug-likeness (QED) is 0.435. The molecule has 1 aliphatic rings. The van der Waals surface area contributed by atoms with Gasteiger partial charge in [-0.3, -0.25) is 9.78 Å². The van der Waals surface area contributed by atoms with Crippen molar-refractivity contribution in [1.82, 2.24) is 14.8 Å². The average Bonchev–Trinajstić information content (AvgIpc) is 2.70. The number of alkyl halides is 1. The van der Waals surface area contributed by atoms with E-state index in [0.717, 1.165) is 6.20 Å². The summed E-state index contributed by atoms with van der Waals surface area (Å²) in [5, 5.41) is 33.7. The lowest BCUT2D eigenvalue weighted by Crippen LogP contribution is -2.49. The molecule has 5 atom stereocenters. The van der Waals surface area contributed by atoms with E-state index in [1.54, 1.807) is 0 Å². The van der Waals surface area contributed by atoms with Gasteiger partial charge in [0, 0.05) is 0 Å². The predicted octanol–water partition coefficient (Wildman–Crippen LogP) is -2.73. The van der Waals surface area contributed by atoms with Gasteiger partial charge in [0.2, 0.25) is 5.60 Å². The number of hydrogen-bond acceptors (Lipinski definition) is 7. The number of halogens is 1. The molecule has 22 heavy (non-hydrogen) atoms. The zero-order valence-corrected chi connectivity index (χ0v) is 11.4. The fourth-order valence-corrected chi connectivity index (χ4v) is 2.18. The summed E-state index contributed by atoms with van der Waals surface area (Å²) in [5.74, 6) is 4.03. The number of H-pyrrole nitrogens is 1. The molecule has 0 spiro atoms. The molecule has 0 amide bonds. The Bertz CT molecular complexity index is 720. The topological polar surface area (TPSA) is 138 Å². The van der Waals surface area contributed by atoms with Crippen LogP contribution in [0, 0.1) is 11.8 Å². The third-order valence-electron chi connectivity index (χ3n) is 3.22. The molecular weight excluding hydrogens is 301 g/mol. The van der Waals surface area contributed by atoms with E-state index in [1.807, 2.05) is 10.9 Å². The molecule has 1 aromatic heterocycles. The minimum absolute atomic E-state index is 0.555. The van der Waals surface area contributed by atoms with Gasteiger partial charge in [0.1, 0.15) is 25.1 Å². The van der Waals surface area contributed by atoms with Crippen molar-refractivity contribution in [3.63, 3.8) is 0 Å². The molecule has 0 bridgehead atoms. The van der Waals surface area contributed by atoms with Gasteiger partial charge in [-0.15, -0.1) is 0 Å². The lowest BCUT2D eigenvalue weighted by atomic mass is 9.93. The van der Waals surface area contributed by atoms with E-state index in [4.69, 9.17) is 4.74 Å². The minimum atomic E-state index is -2.39. The first-order valence-electron chi connectivity index (χ1n) is 6.29. The first kappa shape index (κ1) is 16.3. The Morgan fingerprint density at radius 2 is 2.32 bits per heavy atom. The fourth-order valence-electron chi connectivity index (χ4n) is 2.18. The van der Waals surface area contributed by atoms with Crippen molar-refractivity contribution < 1.29 is 24.4 Å². The molecule has 0 radical (unpaired) electrons. The van der Waals surface area contributed by atoms with Gasteiger partial charge in [0.05, 0.1) is 6.10 Å². The third-order valence-corrected chi connectivity index (χ3v) is 3.22. The standard InChI is InChI=1S/C12H14FN3O6/c1-6(17)8-9(19)12(21,3-2-4-13)10(22-8)16-11(20)15-7(18)5-14-16/h5-6,8-10,17,19,21H,4H2,1H3,(H,15,18,20)/t6-,8-,9+,10-,12?/m1/s1. The van der Waals surface area contributed by atoms with Crippen LogP contribution >= 0.6 is 0 Å². The molecule has 0 saturated carbocycles. The van der Waals surface area contributed by atoms with Crippen LogP contribution in [0.5, 0.6) is 0 Å². The first-order chi connectivity index (χ1) is 10.3. The van der Waals surface area contributed by atoms with E-state index in [1.165, 1.54) is 6.92 Å². The number of aromatic nitrogens is 3. The minimum Gasteiger partial charge on any atom is -0.391 e. The van der Waals surface area contributed by atoms with Crippen molar-refractivity contribution in [2.45, 2.75) is 37.1 Å². The normalized spacial score (nSPS) is 32.3. The second-order valence-electron chi connectivity index (χ2n) is 4.78. The third kappa shape index (κ3) is 2.67. The van der Waals surface area contributed by atoms with E-state index in [2.05, 4.69) is 11.0 Å². The highest BCUT2D eigenvalue weighted by Crippen LogP contribution is 2.38. The lowest BCUT2D eigenvalue weighted by molar-refractivity contribution is -0.0947. The number of rotatable bonds is 2. The van der Waals surface area contributed by atoms with Crippen LogP contribution in [0.25, 0.3) is 0 Å². The van der Waals surface area contributed by atoms with E-state index < -0.39 is 48.1 Å². The Morgan fingerprint density at radius 3 is 2.86 bits per heavy atom. The van der Waals surface area contributed by atoms with Gasteiger partial charge >= 0.3 is 5.69 Å². The molecule has 2 rings (SSSR count). The van der Waals surface area contributed by atoms with Gasteiger partial charge in [0.25, 0.3) is 5.56 Å². The Hall–Kier alpha value is -2.06. The monoisotopic (exact) mass is 315 g/mol.